The lowest BCUT2D eigenvalue weighted by atomic mass is 9.95. The maximum atomic E-state index is 5.34. The van der Waals surface area contributed by atoms with Crippen LogP contribution in [-0.4, -0.2) is 14.5 Å². The molecule has 0 spiro atoms. The van der Waals surface area contributed by atoms with Gasteiger partial charge < -0.3 is 0 Å². The number of hydrogen-bond acceptors (Lipinski definition) is 3. The Morgan fingerprint density at radius 3 is 1.86 bits per heavy atom. The van der Waals surface area contributed by atoms with E-state index in [4.69, 9.17) is 9.97 Å². The molecule has 0 aliphatic rings. The van der Waals surface area contributed by atoms with Crippen molar-refractivity contribution < 1.29 is 0 Å². The second-order valence-corrected chi connectivity index (χ2v) is 12.0. The van der Waals surface area contributed by atoms with E-state index >= 15 is 0 Å². The van der Waals surface area contributed by atoms with Crippen LogP contribution < -0.4 is 0 Å². The smallest absolute Gasteiger partial charge is 0.165 e. The summed E-state index contributed by atoms with van der Waals surface area (Å²) < 4.78 is 4.99. The fraction of sp³-hybridized carbons (Fsp3) is 0. The molecule has 0 saturated carbocycles. The van der Waals surface area contributed by atoms with Crippen LogP contribution in [0.3, 0.4) is 0 Å². The molecule has 0 N–H and O–H groups in total. The maximum Gasteiger partial charge on any atom is 0.165 e. The molecule has 0 fully saturated rings. The lowest BCUT2D eigenvalue weighted by Gasteiger charge is -2.13. The van der Waals surface area contributed by atoms with Crippen molar-refractivity contribution in [1.82, 2.24) is 14.5 Å². The maximum absolute atomic E-state index is 5.34. The van der Waals surface area contributed by atoms with Crippen molar-refractivity contribution in [2.45, 2.75) is 0 Å². The third-order valence-electron chi connectivity index (χ3n) is 8.73. The van der Waals surface area contributed by atoms with Crippen LogP contribution in [0.25, 0.3) is 91.6 Å². The Morgan fingerprint density at radius 2 is 1.05 bits per heavy atom. The summed E-state index contributed by atoms with van der Waals surface area (Å²) in [6, 6.07) is 45.5. The van der Waals surface area contributed by atoms with Gasteiger partial charge in [-0.15, -0.1) is 11.3 Å². The Morgan fingerprint density at radius 1 is 0.429 bits per heavy atom. The molecule has 3 nitrogen and oxygen atoms in total. The van der Waals surface area contributed by atoms with E-state index in [2.05, 4.69) is 108 Å². The Labute approximate surface area is 244 Å². The van der Waals surface area contributed by atoms with Gasteiger partial charge in [0.05, 0.1) is 22.1 Å². The molecule has 0 bridgehead atoms. The normalized spacial score (nSPS) is 12.3. The molecule has 0 saturated heterocycles. The average molecular weight is 552 g/mol. The van der Waals surface area contributed by atoms with Gasteiger partial charge in [0.2, 0.25) is 0 Å². The van der Waals surface area contributed by atoms with E-state index < -0.39 is 0 Å². The zero-order chi connectivity index (χ0) is 27.4. The minimum Gasteiger partial charge on any atom is -0.292 e. The quantitative estimate of drug-likeness (QED) is 0.214. The third-order valence-corrected chi connectivity index (χ3v) is 9.85. The molecular formula is C38H21N3S. The Balaban J connectivity index is 1.51. The Hall–Kier alpha value is -5.32. The highest BCUT2D eigenvalue weighted by Gasteiger charge is 2.24. The van der Waals surface area contributed by atoms with E-state index in [9.17, 15) is 0 Å². The molecule has 10 rings (SSSR count). The van der Waals surface area contributed by atoms with Crippen LogP contribution in [-0.2, 0) is 0 Å². The molecule has 0 amide bonds. The molecule has 3 aromatic heterocycles. The van der Waals surface area contributed by atoms with Gasteiger partial charge in [-0.25, -0.2) is 9.97 Å². The summed E-state index contributed by atoms with van der Waals surface area (Å²) in [6.07, 6.45) is 0. The van der Waals surface area contributed by atoms with Gasteiger partial charge in [0.15, 0.2) is 5.82 Å². The van der Waals surface area contributed by atoms with Crippen LogP contribution in [0, 0.1) is 0 Å². The van der Waals surface area contributed by atoms with Gasteiger partial charge in [0, 0.05) is 36.5 Å². The fourth-order valence-electron chi connectivity index (χ4n) is 7.02. The average Bonchev–Trinajstić information content (AvgIpc) is 3.59. The van der Waals surface area contributed by atoms with E-state index in [-0.39, 0.29) is 0 Å². The molecular weight excluding hydrogens is 531 g/mol. The van der Waals surface area contributed by atoms with Crippen LogP contribution >= 0.6 is 11.3 Å². The first kappa shape index (κ1) is 22.4. The second-order valence-electron chi connectivity index (χ2n) is 10.9. The van der Waals surface area contributed by atoms with Crippen LogP contribution in [0.15, 0.2) is 127 Å². The van der Waals surface area contributed by atoms with Crippen molar-refractivity contribution in [2.75, 3.05) is 0 Å². The van der Waals surface area contributed by atoms with E-state index in [1.54, 1.807) is 0 Å². The first-order valence-corrected chi connectivity index (χ1v) is 15.0. The van der Waals surface area contributed by atoms with Gasteiger partial charge in [-0.2, -0.15) is 0 Å². The molecule has 4 heteroatoms. The molecule has 0 aliphatic carbocycles. The number of para-hydroxylation sites is 2. The van der Waals surface area contributed by atoms with Crippen molar-refractivity contribution in [1.29, 1.82) is 0 Å². The molecule has 42 heavy (non-hydrogen) atoms. The lowest BCUT2D eigenvalue weighted by molar-refractivity contribution is 1.08. The summed E-state index contributed by atoms with van der Waals surface area (Å²) in [5.41, 5.74) is 6.01. The van der Waals surface area contributed by atoms with Crippen LogP contribution in [0.2, 0.25) is 0 Å². The van der Waals surface area contributed by atoms with Gasteiger partial charge in [0.1, 0.15) is 5.69 Å². The Bertz CT molecular complexity index is 2680. The largest absolute Gasteiger partial charge is 0.292 e. The summed E-state index contributed by atoms with van der Waals surface area (Å²) in [5, 5.41) is 10.3. The highest BCUT2D eigenvalue weighted by Crippen LogP contribution is 2.48. The van der Waals surface area contributed by atoms with E-state index in [0.717, 1.165) is 39.1 Å². The van der Waals surface area contributed by atoms with E-state index in [0.29, 0.717) is 0 Å². The minimum atomic E-state index is 0.851. The SMILES string of the molecule is c1ccc(-c2nc3ccccc3nc2-n2c3cccc4c5ccccc5c5cccc6sc7ccc2c(c7c65)c43)cc1. The number of nitrogens with zero attached hydrogens (tertiary/aromatic N) is 3. The Kier molecular flexibility index (Phi) is 4.33. The van der Waals surface area contributed by atoms with Gasteiger partial charge in [-0.1, -0.05) is 91.0 Å². The topological polar surface area (TPSA) is 30.7 Å². The molecule has 10 aromatic rings. The number of fused-ring (bicyclic) bond motifs is 4. The number of hydrogen-bond donors (Lipinski definition) is 0. The highest BCUT2D eigenvalue weighted by atomic mass is 32.1. The molecule has 7 aromatic carbocycles. The second kappa shape index (κ2) is 8.12. The van der Waals surface area contributed by atoms with Crippen molar-refractivity contribution in [3.63, 3.8) is 0 Å². The lowest BCUT2D eigenvalue weighted by Crippen LogP contribution is -2.03. The monoisotopic (exact) mass is 551 g/mol. The number of aromatic nitrogens is 3. The first-order chi connectivity index (χ1) is 20.8. The minimum absolute atomic E-state index is 0.851. The van der Waals surface area contributed by atoms with Crippen molar-refractivity contribution in [3.8, 4) is 17.1 Å². The van der Waals surface area contributed by atoms with E-state index in [1.807, 2.05) is 35.6 Å². The van der Waals surface area contributed by atoms with Crippen molar-refractivity contribution in [2.24, 2.45) is 0 Å². The number of benzene rings is 6. The van der Waals surface area contributed by atoms with E-state index in [1.165, 1.54) is 52.5 Å². The first-order valence-electron chi connectivity index (χ1n) is 14.2. The molecule has 0 radical (unpaired) electrons. The standard InChI is InChI=1S/C38H21N3S/c1-2-10-22(11-3-1)37-38(40-28-17-7-6-16-27(28)39-37)41-29-18-8-14-25-23-12-4-5-13-24(23)26-15-9-19-31-34(26)36-32(42-31)21-20-30(41)35(36)33(25)29/h1-21H. The van der Waals surface area contributed by atoms with Gasteiger partial charge in [-0.05, 0) is 57.9 Å². The molecule has 194 valence electrons. The van der Waals surface area contributed by atoms with Crippen molar-refractivity contribution in [3.05, 3.63) is 127 Å². The summed E-state index contributed by atoms with van der Waals surface area (Å²) in [6.45, 7) is 0. The van der Waals surface area contributed by atoms with Gasteiger partial charge >= 0.3 is 0 Å². The number of thiophene rings is 1. The van der Waals surface area contributed by atoms with Crippen LogP contribution in [0.5, 0.6) is 0 Å². The molecule has 3 heterocycles. The third kappa shape index (κ3) is 2.84. The number of rotatable bonds is 2. The van der Waals surface area contributed by atoms with Gasteiger partial charge in [0.25, 0.3) is 0 Å². The zero-order valence-corrected chi connectivity index (χ0v) is 23.2. The van der Waals surface area contributed by atoms with Crippen molar-refractivity contribution >= 4 is 85.9 Å². The fourth-order valence-corrected chi connectivity index (χ4v) is 8.16. The summed E-state index contributed by atoms with van der Waals surface area (Å²) >= 11 is 1.88. The molecule has 0 aliphatic heterocycles. The predicted octanol–water partition coefficient (Wildman–Crippen LogP) is 10.5. The summed E-state index contributed by atoms with van der Waals surface area (Å²) in [5.74, 6) is 0.851. The van der Waals surface area contributed by atoms with Crippen LogP contribution in [0.4, 0.5) is 0 Å². The van der Waals surface area contributed by atoms with Gasteiger partial charge in [-0.3, -0.25) is 4.57 Å². The molecule has 0 atom stereocenters. The summed E-state index contributed by atoms with van der Waals surface area (Å²) in [7, 11) is 0. The molecule has 0 unspecified atom stereocenters. The highest BCUT2D eigenvalue weighted by molar-refractivity contribution is 7.26. The van der Waals surface area contributed by atoms with Crippen LogP contribution in [0.1, 0.15) is 0 Å². The summed E-state index contributed by atoms with van der Waals surface area (Å²) in [4.78, 5) is 10.6. The zero-order valence-electron chi connectivity index (χ0n) is 22.4. The predicted molar refractivity (Wildman–Crippen MR) is 178 cm³/mol.